The summed E-state index contributed by atoms with van der Waals surface area (Å²) in [6.45, 7) is 8.05. The van der Waals surface area contributed by atoms with Crippen LogP contribution in [0.1, 0.15) is 37.4 Å². The third-order valence-corrected chi connectivity index (χ3v) is 3.68. The molecular formula is C15H25N3. The summed E-state index contributed by atoms with van der Waals surface area (Å²) in [5.74, 6) is 0. The summed E-state index contributed by atoms with van der Waals surface area (Å²) in [6.07, 6.45) is 6.98. The number of likely N-dealkylation sites (tertiary alicyclic amines) is 1. The third kappa shape index (κ3) is 4.07. The first-order chi connectivity index (χ1) is 8.90. The Morgan fingerprint density at radius 3 is 2.94 bits per heavy atom. The van der Waals surface area contributed by atoms with Crippen LogP contribution < -0.4 is 5.32 Å². The van der Waals surface area contributed by atoms with E-state index in [1.807, 2.05) is 12.3 Å². The number of nitrogens with zero attached hydrogens (tertiary/aromatic N) is 2. The van der Waals surface area contributed by atoms with E-state index >= 15 is 0 Å². The molecule has 18 heavy (non-hydrogen) atoms. The summed E-state index contributed by atoms with van der Waals surface area (Å²) in [5, 5.41) is 3.51. The maximum absolute atomic E-state index is 4.45. The van der Waals surface area contributed by atoms with E-state index in [0.717, 1.165) is 19.5 Å². The Morgan fingerprint density at radius 1 is 1.33 bits per heavy atom. The fourth-order valence-electron chi connectivity index (χ4n) is 2.59. The van der Waals surface area contributed by atoms with Gasteiger partial charge in [0.2, 0.25) is 0 Å². The number of hydrogen-bond acceptors (Lipinski definition) is 3. The molecule has 0 unspecified atom stereocenters. The molecule has 2 heterocycles. The van der Waals surface area contributed by atoms with Crippen LogP contribution in [0.15, 0.2) is 18.3 Å². The maximum atomic E-state index is 4.45. The van der Waals surface area contributed by atoms with E-state index in [1.165, 1.54) is 50.2 Å². The highest BCUT2D eigenvalue weighted by molar-refractivity contribution is 5.19. The van der Waals surface area contributed by atoms with Crippen LogP contribution in [0.2, 0.25) is 0 Å². The summed E-state index contributed by atoms with van der Waals surface area (Å²) in [5.41, 5.74) is 2.57. The lowest BCUT2D eigenvalue weighted by molar-refractivity contribution is 0.331. The molecule has 1 aliphatic rings. The molecule has 3 nitrogen and oxygen atoms in total. The average Bonchev–Trinajstić information content (AvgIpc) is 2.92. The summed E-state index contributed by atoms with van der Waals surface area (Å²) < 4.78 is 0. The first kappa shape index (κ1) is 13.5. The van der Waals surface area contributed by atoms with Crippen molar-refractivity contribution < 1.29 is 0 Å². The Labute approximate surface area is 111 Å². The minimum Gasteiger partial charge on any atom is -0.311 e. The molecule has 0 radical (unpaired) electrons. The van der Waals surface area contributed by atoms with E-state index in [1.54, 1.807) is 0 Å². The zero-order valence-electron chi connectivity index (χ0n) is 11.5. The lowest BCUT2D eigenvalue weighted by Crippen LogP contribution is -2.25. The number of aryl methyl sites for hydroxylation is 1. The van der Waals surface area contributed by atoms with E-state index in [4.69, 9.17) is 0 Å². The van der Waals surface area contributed by atoms with Crippen LogP contribution in [0, 0.1) is 0 Å². The number of rotatable bonds is 7. The lowest BCUT2D eigenvalue weighted by atomic mass is 10.1. The Morgan fingerprint density at radius 2 is 2.17 bits per heavy atom. The van der Waals surface area contributed by atoms with Crippen molar-refractivity contribution in [2.45, 2.75) is 39.2 Å². The van der Waals surface area contributed by atoms with E-state index in [2.05, 4.69) is 28.2 Å². The molecule has 1 aromatic heterocycles. The van der Waals surface area contributed by atoms with Gasteiger partial charge in [0.1, 0.15) is 0 Å². The largest absolute Gasteiger partial charge is 0.311 e. The molecule has 0 spiro atoms. The molecule has 1 aliphatic heterocycles. The highest BCUT2D eigenvalue weighted by Crippen LogP contribution is 2.07. The van der Waals surface area contributed by atoms with Crippen LogP contribution in [0.4, 0.5) is 0 Å². The van der Waals surface area contributed by atoms with Crippen molar-refractivity contribution >= 4 is 0 Å². The van der Waals surface area contributed by atoms with Crippen LogP contribution in [-0.2, 0) is 13.0 Å². The number of hydrogen-bond donors (Lipinski definition) is 1. The molecule has 0 aromatic carbocycles. The zero-order chi connectivity index (χ0) is 12.6. The fourth-order valence-corrected chi connectivity index (χ4v) is 2.59. The van der Waals surface area contributed by atoms with Crippen molar-refractivity contribution in [2.24, 2.45) is 0 Å². The van der Waals surface area contributed by atoms with E-state index in [-0.39, 0.29) is 0 Å². The number of aromatic nitrogens is 1. The van der Waals surface area contributed by atoms with E-state index in [9.17, 15) is 0 Å². The molecule has 0 amide bonds. The quantitative estimate of drug-likeness (QED) is 0.749. The summed E-state index contributed by atoms with van der Waals surface area (Å²) in [7, 11) is 0. The Bertz CT molecular complexity index is 345. The molecule has 0 saturated carbocycles. The third-order valence-electron chi connectivity index (χ3n) is 3.68. The van der Waals surface area contributed by atoms with Gasteiger partial charge in [-0.15, -0.1) is 0 Å². The first-order valence-corrected chi connectivity index (χ1v) is 7.26. The molecule has 1 aromatic rings. The Balaban J connectivity index is 1.62. The minimum absolute atomic E-state index is 0.907. The summed E-state index contributed by atoms with van der Waals surface area (Å²) >= 11 is 0. The molecule has 1 saturated heterocycles. The predicted octanol–water partition coefficient (Wildman–Crippen LogP) is 2.22. The van der Waals surface area contributed by atoms with Crippen molar-refractivity contribution in [2.75, 3.05) is 26.2 Å². The highest BCUT2D eigenvalue weighted by Gasteiger charge is 2.10. The van der Waals surface area contributed by atoms with E-state index in [0.29, 0.717) is 0 Å². The van der Waals surface area contributed by atoms with Gasteiger partial charge in [0.05, 0.1) is 5.69 Å². The van der Waals surface area contributed by atoms with Gasteiger partial charge in [-0.25, -0.2) is 0 Å². The second kappa shape index (κ2) is 7.49. The molecule has 1 N–H and O–H groups in total. The summed E-state index contributed by atoms with van der Waals surface area (Å²) in [4.78, 5) is 7.02. The normalized spacial score (nSPS) is 16.3. The molecule has 1 fully saturated rings. The molecule has 3 heteroatoms. The second-order valence-electron chi connectivity index (χ2n) is 5.04. The molecular weight excluding hydrogens is 222 g/mol. The van der Waals surface area contributed by atoms with Gasteiger partial charge < -0.3 is 10.2 Å². The maximum Gasteiger partial charge on any atom is 0.0573 e. The average molecular weight is 247 g/mol. The first-order valence-electron chi connectivity index (χ1n) is 7.26. The van der Waals surface area contributed by atoms with Crippen LogP contribution in [0.25, 0.3) is 0 Å². The molecule has 0 bridgehead atoms. The van der Waals surface area contributed by atoms with Crippen LogP contribution in [0.3, 0.4) is 0 Å². The van der Waals surface area contributed by atoms with Crippen molar-refractivity contribution in [1.82, 2.24) is 15.2 Å². The van der Waals surface area contributed by atoms with Crippen LogP contribution >= 0.6 is 0 Å². The smallest absolute Gasteiger partial charge is 0.0573 e. The zero-order valence-corrected chi connectivity index (χ0v) is 11.5. The van der Waals surface area contributed by atoms with Crippen molar-refractivity contribution in [3.63, 3.8) is 0 Å². The number of pyridine rings is 1. The monoisotopic (exact) mass is 247 g/mol. The molecule has 0 aliphatic carbocycles. The Kier molecular flexibility index (Phi) is 5.62. The van der Waals surface area contributed by atoms with Gasteiger partial charge in [-0.05, 0) is 63.5 Å². The minimum atomic E-state index is 0.907. The molecule has 100 valence electrons. The fraction of sp³-hybridized carbons (Fsp3) is 0.667. The van der Waals surface area contributed by atoms with Gasteiger partial charge >= 0.3 is 0 Å². The van der Waals surface area contributed by atoms with Crippen molar-refractivity contribution in [1.29, 1.82) is 0 Å². The van der Waals surface area contributed by atoms with Crippen molar-refractivity contribution in [3.8, 4) is 0 Å². The van der Waals surface area contributed by atoms with Crippen molar-refractivity contribution in [3.05, 3.63) is 29.6 Å². The van der Waals surface area contributed by atoms with Gasteiger partial charge in [0.25, 0.3) is 0 Å². The van der Waals surface area contributed by atoms with Gasteiger partial charge in [0.15, 0.2) is 0 Å². The van der Waals surface area contributed by atoms with Crippen LogP contribution in [-0.4, -0.2) is 36.1 Å². The number of nitrogens with one attached hydrogen (secondary N) is 1. The SMILES string of the molecule is CCc1cccnc1CNCCCN1CCCC1. The highest BCUT2D eigenvalue weighted by atomic mass is 15.1. The summed E-state index contributed by atoms with van der Waals surface area (Å²) in [6, 6.07) is 4.20. The molecule has 0 atom stereocenters. The molecule has 2 rings (SSSR count). The Hall–Kier alpha value is -0.930. The van der Waals surface area contributed by atoms with Gasteiger partial charge in [-0.2, -0.15) is 0 Å². The van der Waals surface area contributed by atoms with Gasteiger partial charge in [-0.1, -0.05) is 13.0 Å². The second-order valence-corrected chi connectivity index (χ2v) is 5.04. The topological polar surface area (TPSA) is 28.2 Å². The van der Waals surface area contributed by atoms with Crippen LogP contribution in [0.5, 0.6) is 0 Å². The lowest BCUT2D eigenvalue weighted by Gasteiger charge is -2.14. The van der Waals surface area contributed by atoms with Gasteiger partial charge in [0, 0.05) is 12.7 Å². The van der Waals surface area contributed by atoms with E-state index < -0.39 is 0 Å². The predicted molar refractivity (Wildman–Crippen MR) is 75.6 cm³/mol. The van der Waals surface area contributed by atoms with Gasteiger partial charge in [-0.3, -0.25) is 4.98 Å². The standard InChI is InChI=1S/C15H25N3/c1-2-14-7-5-9-17-15(14)13-16-8-6-12-18-10-3-4-11-18/h5,7,9,16H,2-4,6,8,10-13H2,1H3.